The topological polar surface area (TPSA) is 122 Å². The maximum atomic E-state index is 12.6. The summed E-state index contributed by atoms with van der Waals surface area (Å²) in [5.41, 5.74) is 1.41. The summed E-state index contributed by atoms with van der Waals surface area (Å²) in [5.74, 6) is -0.0859. The maximum absolute atomic E-state index is 12.6. The first-order chi connectivity index (χ1) is 12.3. The van der Waals surface area contributed by atoms with E-state index in [4.69, 9.17) is 5.14 Å². The fraction of sp³-hybridized carbons (Fsp3) is 0.333. The van der Waals surface area contributed by atoms with Crippen molar-refractivity contribution in [2.24, 2.45) is 11.1 Å². The molecule has 0 saturated heterocycles. The smallest absolute Gasteiger partial charge is 0.251 e. The van der Waals surface area contributed by atoms with Gasteiger partial charge in [-0.25, -0.2) is 13.6 Å². The number of pyridine rings is 1. The molecule has 0 bridgehead atoms. The zero-order chi connectivity index (χ0) is 18.7. The molecule has 1 aromatic heterocycles. The number of aliphatic hydroxyl groups excluding tert-OH is 1. The number of amides is 1. The summed E-state index contributed by atoms with van der Waals surface area (Å²) in [6.45, 7) is 0. The highest BCUT2D eigenvalue weighted by Gasteiger charge is 2.34. The number of primary sulfonamides is 1. The van der Waals surface area contributed by atoms with E-state index in [0.29, 0.717) is 24.8 Å². The molecule has 1 aliphatic rings. The number of hydrogen-bond acceptors (Lipinski definition) is 5. The summed E-state index contributed by atoms with van der Waals surface area (Å²) >= 11 is 0. The van der Waals surface area contributed by atoms with Crippen molar-refractivity contribution in [2.75, 3.05) is 0 Å². The molecule has 4 N–H and O–H groups in total. The summed E-state index contributed by atoms with van der Waals surface area (Å²) < 4.78 is 22.6. The second-order valence-electron chi connectivity index (χ2n) is 6.59. The summed E-state index contributed by atoms with van der Waals surface area (Å²) in [5, 5.41) is 17.7. The van der Waals surface area contributed by atoms with E-state index >= 15 is 0 Å². The number of aliphatic hydroxyl groups is 1. The average Bonchev–Trinajstić information content (AvgIpc) is 2.59. The molecule has 8 heteroatoms. The second kappa shape index (κ2) is 7.53. The van der Waals surface area contributed by atoms with E-state index in [2.05, 4.69) is 10.3 Å². The Kier molecular flexibility index (Phi) is 5.36. The van der Waals surface area contributed by atoms with Gasteiger partial charge in [0.15, 0.2) is 0 Å². The zero-order valence-corrected chi connectivity index (χ0v) is 14.9. The Morgan fingerprint density at radius 3 is 2.35 bits per heavy atom. The standard InChI is InChI=1S/C18H21N3O4S/c19-26(24,25)16-3-1-13(2-4-16)18(23)21-17(14-10-15(22)11-14)9-12-5-7-20-8-6-12/h1-8,14-15,17,22H,9-11H2,(H,21,23)(H2,19,24,25)/t14?,15?,17-/m0/s1. The predicted octanol–water partition coefficient (Wildman–Crippen LogP) is 0.841. The first kappa shape index (κ1) is 18.5. The third kappa shape index (κ3) is 4.46. The first-order valence-electron chi connectivity index (χ1n) is 8.33. The Balaban J connectivity index is 1.72. The van der Waals surface area contributed by atoms with E-state index < -0.39 is 10.0 Å². The Morgan fingerprint density at radius 2 is 1.81 bits per heavy atom. The highest BCUT2D eigenvalue weighted by Crippen LogP contribution is 2.32. The van der Waals surface area contributed by atoms with Gasteiger partial charge in [0.05, 0.1) is 11.0 Å². The van der Waals surface area contributed by atoms with Gasteiger partial charge < -0.3 is 10.4 Å². The van der Waals surface area contributed by atoms with Crippen molar-refractivity contribution in [3.05, 3.63) is 59.9 Å². The number of carbonyl (C=O) groups is 1. The number of benzene rings is 1. The van der Waals surface area contributed by atoms with E-state index in [1.807, 2.05) is 12.1 Å². The Hall–Kier alpha value is -2.29. The number of rotatable bonds is 6. The zero-order valence-electron chi connectivity index (χ0n) is 14.1. The van der Waals surface area contributed by atoms with Crippen LogP contribution in [0.2, 0.25) is 0 Å². The number of hydrogen-bond donors (Lipinski definition) is 3. The van der Waals surface area contributed by atoms with Gasteiger partial charge in [-0.05, 0) is 67.1 Å². The van der Waals surface area contributed by atoms with Crippen LogP contribution in [0.1, 0.15) is 28.8 Å². The van der Waals surface area contributed by atoms with Crippen molar-refractivity contribution in [3.8, 4) is 0 Å². The molecule has 0 spiro atoms. The molecule has 1 saturated carbocycles. The van der Waals surface area contributed by atoms with E-state index in [1.165, 1.54) is 24.3 Å². The summed E-state index contributed by atoms with van der Waals surface area (Å²) in [6, 6.07) is 9.18. The van der Waals surface area contributed by atoms with E-state index in [0.717, 1.165) is 5.56 Å². The van der Waals surface area contributed by atoms with Crippen molar-refractivity contribution in [2.45, 2.75) is 36.3 Å². The highest BCUT2D eigenvalue weighted by atomic mass is 32.2. The van der Waals surface area contributed by atoms with E-state index in [1.54, 1.807) is 12.4 Å². The molecule has 26 heavy (non-hydrogen) atoms. The monoisotopic (exact) mass is 375 g/mol. The SMILES string of the molecule is NS(=O)(=O)c1ccc(C(=O)N[C@@H](Cc2ccncc2)C2CC(O)C2)cc1. The number of aromatic nitrogens is 1. The molecule has 0 radical (unpaired) electrons. The van der Waals surface area contributed by atoms with E-state index in [-0.39, 0.29) is 28.9 Å². The van der Waals surface area contributed by atoms with Crippen LogP contribution in [-0.2, 0) is 16.4 Å². The van der Waals surface area contributed by atoms with Crippen LogP contribution in [0.25, 0.3) is 0 Å². The van der Waals surface area contributed by atoms with Gasteiger partial charge in [-0.1, -0.05) is 0 Å². The minimum Gasteiger partial charge on any atom is -0.393 e. The van der Waals surface area contributed by atoms with Crippen molar-refractivity contribution in [3.63, 3.8) is 0 Å². The molecular formula is C18H21N3O4S. The van der Waals surface area contributed by atoms with Gasteiger partial charge in [0.2, 0.25) is 10.0 Å². The fourth-order valence-electron chi connectivity index (χ4n) is 3.11. The van der Waals surface area contributed by atoms with Crippen LogP contribution in [0.4, 0.5) is 0 Å². The predicted molar refractivity (Wildman–Crippen MR) is 95.7 cm³/mol. The van der Waals surface area contributed by atoms with Gasteiger partial charge in [-0.3, -0.25) is 9.78 Å². The maximum Gasteiger partial charge on any atom is 0.251 e. The molecule has 1 aliphatic carbocycles. The molecule has 1 aromatic carbocycles. The molecule has 7 nitrogen and oxygen atoms in total. The average molecular weight is 375 g/mol. The lowest BCUT2D eigenvalue weighted by Crippen LogP contribution is -2.48. The minimum absolute atomic E-state index is 0.0375. The molecule has 138 valence electrons. The molecule has 1 amide bonds. The summed E-state index contributed by atoms with van der Waals surface area (Å²) in [4.78, 5) is 16.5. The number of sulfonamides is 1. The normalized spacial score (nSPS) is 20.8. The Bertz CT molecular complexity index is 863. The Morgan fingerprint density at radius 1 is 1.19 bits per heavy atom. The largest absolute Gasteiger partial charge is 0.393 e. The molecule has 0 unspecified atom stereocenters. The molecule has 3 rings (SSSR count). The third-order valence-electron chi connectivity index (χ3n) is 4.69. The fourth-order valence-corrected chi connectivity index (χ4v) is 3.63. The van der Waals surface area contributed by atoms with Crippen LogP contribution in [0.3, 0.4) is 0 Å². The van der Waals surface area contributed by atoms with Crippen molar-refractivity contribution >= 4 is 15.9 Å². The lowest BCUT2D eigenvalue weighted by atomic mass is 9.75. The van der Waals surface area contributed by atoms with Gasteiger partial charge in [0.1, 0.15) is 0 Å². The number of nitrogens with two attached hydrogens (primary N) is 1. The lowest BCUT2D eigenvalue weighted by Gasteiger charge is -2.38. The van der Waals surface area contributed by atoms with Crippen LogP contribution in [0, 0.1) is 5.92 Å². The van der Waals surface area contributed by atoms with Gasteiger partial charge >= 0.3 is 0 Å². The number of carbonyl (C=O) groups excluding carboxylic acids is 1. The third-order valence-corrected chi connectivity index (χ3v) is 5.61. The molecular weight excluding hydrogens is 354 g/mol. The molecule has 1 heterocycles. The highest BCUT2D eigenvalue weighted by molar-refractivity contribution is 7.89. The summed E-state index contributed by atoms with van der Waals surface area (Å²) in [7, 11) is -3.79. The molecule has 0 aliphatic heterocycles. The second-order valence-corrected chi connectivity index (χ2v) is 8.16. The van der Waals surface area contributed by atoms with Crippen molar-refractivity contribution < 1.29 is 18.3 Å². The van der Waals surface area contributed by atoms with Crippen molar-refractivity contribution in [1.29, 1.82) is 0 Å². The molecule has 2 aromatic rings. The van der Waals surface area contributed by atoms with Crippen LogP contribution in [0.15, 0.2) is 53.7 Å². The van der Waals surface area contributed by atoms with Gasteiger partial charge in [0, 0.05) is 24.0 Å². The Labute approximate surface area is 152 Å². The van der Waals surface area contributed by atoms with Gasteiger partial charge in [-0.2, -0.15) is 0 Å². The van der Waals surface area contributed by atoms with Crippen molar-refractivity contribution in [1.82, 2.24) is 10.3 Å². The number of nitrogens with one attached hydrogen (secondary N) is 1. The van der Waals surface area contributed by atoms with Gasteiger partial charge in [-0.15, -0.1) is 0 Å². The van der Waals surface area contributed by atoms with Crippen LogP contribution >= 0.6 is 0 Å². The minimum atomic E-state index is -3.79. The molecule has 1 atom stereocenters. The van der Waals surface area contributed by atoms with Crippen LogP contribution in [0.5, 0.6) is 0 Å². The van der Waals surface area contributed by atoms with Crippen LogP contribution in [-0.4, -0.2) is 36.6 Å². The quantitative estimate of drug-likeness (QED) is 0.690. The van der Waals surface area contributed by atoms with E-state index in [9.17, 15) is 18.3 Å². The lowest BCUT2D eigenvalue weighted by molar-refractivity contribution is 0.0239. The summed E-state index contributed by atoms with van der Waals surface area (Å²) in [6.07, 6.45) is 5.04. The van der Waals surface area contributed by atoms with Crippen LogP contribution < -0.4 is 10.5 Å². The number of nitrogens with zero attached hydrogens (tertiary/aromatic N) is 1. The first-order valence-corrected chi connectivity index (χ1v) is 9.88. The molecule has 1 fully saturated rings. The van der Waals surface area contributed by atoms with Gasteiger partial charge in [0.25, 0.3) is 5.91 Å².